The van der Waals surface area contributed by atoms with E-state index in [0.29, 0.717) is 0 Å². The molecule has 0 aliphatic carbocycles. The maximum absolute atomic E-state index is 2.48. The molecular weight excluding hydrogens is 745 g/mol. The van der Waals surface area contributed by atoms with Crippen LogP contribution in [-0.4, -0.2) is 16.1 Å². The van der Waals surface area contributed by atoms with Gasteiger partial charge in [0.2, 0.25) is 0 Å². The molecule has 9 aromatic rings. The Morgan fingerprint density at radius 3 is 1.04 bits per heavy atom. The van der Waals surface area contributed by atoms with Crippen LogP contribution in [0.25, 0.3) is 87.6 Å². The molecule has 0 saturated heterocycles. The molecule has 2 aliphatic rings. The minimum Gasteiger partial charge on any atom is -0.0888 e. The summed E-state index contributed by atoms with van der Waals surface area (Å²) in [5, 5.41) is 13.6. The number of rotatable bonds is 4. The molecule has 9 aromatic carbocycles. The number of hydrogen-bond donors (Lipinski definition) is 0. The van der Waals surface area contributed by atoms with Crippen LogP contribution in [0.4, 0.5) is 0 Å². The van der Waals surface area contributed by atoms with Gasteiger partial charge in [-0.2, -0.15) is 0 Å². The van der Waals surface area contributed by atoms with Crippen LogP contribution in [0.5, 0.6) is 0 Å². The topological polar surface area (TPSA) is 0 Å². The summed E-state index contributed by atoms with van der Waals surface area (Å²) in [5.41, 5.74) is 10.7. The summed E-state index contributed by atoms with van der Waals surface area (Å²) in [6.45, 7) is 14.6. The summed E-state index contributed by atoms with van der Waals surface area (Å²) in [5.74, 6) is 0. The van der Waals surface area contributed by atoms with Crippen LogP contribution < -0.4 is 10.4 Å². The van der Waals surface area contributed by atoms with Gasteiger partial charge in [-0.3, -0.25) is 0 Å². The van der Waals surface area contributed by atoms with Gasteiger partial charge in [0.05, 0.1) is 16.1 Å². The minimum atomic E-state index is -1.44. The van der Waals surface area contributed by atoms with Crippen LogP contribution in [0.1, 0.15) is 0 Å². The van der Waals surface area contributed by atoms with E-state index >= 15 is 0 Å². The highest BCUT2D eigenvalue weighted by molar-refractivity contribution is 8.00. The lowest BCUT2D eigenvalue weighted by atomic mass is 9.82. The molecule has 0 amide bonds. The largest absolute Gasteiger partial charge is 0.0888 e. The van der Waals surface area contributed by atoms with Crippen LogP contribution in [0.2, 0.25) is 39.3 Å². The number of benzene rings is 9. The first-order chi connectivity index (χ1) is 27.0. The summed E-state index contributed by atoms with van der Waals surface area (Å²) in [4.78, 5) is 5.48. The predicted molar refractivity (Wildman–Crippen MR) is 252 cm³/mol. The lowest BCUT2D eigenvalue weighted by molar-refractivity contribution is 1.40. The third-order valence-corrected chi connectivity index (χ3v) is 18.5. The normalized spacial score (nSPS) is 13.4. The van der Waals surface area contributed by atoms with E-state index in [1.807, 2.05) is 23.5 Å². The van der Waals surface area contributed by atoms with Gasteiger partial charge >= 0.3 is 0 Å². The molecule has 0 atom stereocenters. The Kier molecular flexibility index (Phi) is 7.57. The SMILES string of the molecule is C[Si](C)(C)c1ccc2c(c1)Sc1ccc(-c3c4ccccc4c(-c4ccc5c6c(cccc46)-c4ccc([Si](C)(C)C)cc4S5)c4ccccc34)c3cccc-2c13. The lowest BCUT2D eigenvalue weighted by Gasteiger charge is -2.26. The van der Waals surface area contributed by atoms with Crippen LogP contribution >= 0.6 is 23.5 Å². The molecule has 4 heteroatoms. The van der Waals surface area contributed by atoms with Gasteiger partial charge in [0.15, 0.2) is 0 Å². The van der Waals surface area contributed by atoms with E-state index in [4.69, 9.17) is 0 Å². The fourth-order valence-corrected chi connectivity index (χ4v) is 14.2. The zero-order valence-corrected chi connectivity index (χ0v) is 36.3. The highest BCUT2D eigenvalue weighted by atomic mass is 32.2. The molecule has 0 spiro atoms. The zero-order valence-electron chi connectivity index (χ0n) is 32.7. The third kappa shape index (κ3) is 5.12. The quantitative estimate of drug-likeness (QED) is 0.129. The van der Waals surface area contributed by atoms with Crippen molar-refractivity contribution in [1.82, 2.24) is 0 Å². The summed E-state index contributed by atoms with van der Waals surface area (Å²) in [7, 11) is -2.87. The summed E-state index contributed by atoms with van der Waals surface area (Å²) in [6, 6.07) is 56.3. The standard InChI is InChI=1S/C52H42S2Si2/c1-55(2,3)31-21-23-33-35-17-11-19-41-43(25-27-45(51(35)41)53-47(33)29-31)49-37-13-7-9-15-39(37)50(40-16-10-8-14-38(40)49)44-26-28-46-52-36(18-12-20-42(44)52)34-24-22-32(56(4,5)6)30-48(34)54-46/h7-30H,1-6H3. The number of fused-ring (bicyclic) bond motifs is 6. The van der Waals surface area contributed by atoms with Crippen molar-refractivity contribution in [2.45, 2.75) is 58.9 Å². The third-order valence-electron chi connectivity index (χ3n) is 12.2. The second-order valence-corrected chi connectivity index (χ2v) is 30.0. The molecule has 0 nitrogen and oxygen atoms in total. The second-order valence-electron chi connectivity index (χ2n) is 17.6. The molecule has 0 bridgehead atoms. The van der Waals surface area contributed by atoms with Crippen molar-refractivity contribution in [3.8, 4) is 44.5 Å². The van der Waals surface area contributed by atoms with Gasteiger partial charge in [-0.25, -0.2) is 0 Å². The molecule has 0 radical (unpaired) electrons. The molecule has 0 unspecified atom stereocenters. The molecule has 2 aliphatic heterocycles. The fourth-order valence-electron chi connectivity index (χ4n) is 9.34. The summed E-state index contributed by atoms with van der Waals surface area (Å²) >= 11 is 3.89. The van der Waals surface area contributed by atoms with Gasteiger partial charge in [-0.1, -0.05) is 195 Å². The maximum atomic E-state index is 2.48. The highest BCUT2D eigenvalue weighted by Gasteiger charge is 2.28. The van der Waals surface area contributed by atoms with Crippen molar-refractivity contribution in [3.63, 3.8) is 0 Å². The fraction of sp³-hybridized carbons (Fsp3) is 0.115. The highest BCUT2D eigenvalue weighted by Crippen LogP contribution is 2.54. The first kappa shape index (κ1) is 34.4. The Labute approximate surface area is 340 Å². The monoisotopic (exact) mass is 786 g/mol. The Balaban J connectivity index is 1.15. The molecule has 0 saturated carbocycles. The molecule has 0 fully saturated rings. The van der Waals surface area contributed by atoms with Crippen molar-refractivity contribution in [1.29, 1.82) is 0 Å². The summed E-state index contributed by atoms with van der Waals surface area (Å²) in [6.07, 6.45) is 0. The van der Waals surface area contributed by atoms with E-state index in [-0.39, 0.29) is 0 Å². The molecule has 2 heterocycles. The Morgan fingerprint density at radius 1 is 0.304 bits per heavy atom. The van der Waals surface area contributed by atoms with Crippen LogP contribution in [0.15, 0.2) is 165 Å². The van der Waals surface area contributed by atoms with Gasteiger partial charge in [0, 0.05) is 30.4 Å². The molecule has 0 N–H and O–H groups in total. The predicted octanol–water partition coefficient (Wildman–Crippen LogP) is 15.0. The van der Waals surface area contributed by atoms with Gasteiger partial charge in [0.1, 0.15) is 0 Å². The van der Waals surface area contributed by atoms with E-state index in [0.717, 1.165) is 0 Å². The van der Waals surface area contributed by atoms with Gasteiger partial charge in [-0.15, -0.1) is 0 Å². The molecular formula is C52H42S2Si2. The molecule has 56 heavy (non-hydrogen) atoms. The first-order valence-electron chi connectivity index (χ1n) is 19.8. The average Bonchev–Trinajstić information content (AvgIpc) is 3.20. The molecule has 11 rings (SSSR count). The van der Waals surface area contributed by atoms with E-state index in [1.165, 1.54) is 118 Å². The smallest absolute Gasteiger partial charge is 0.0776 e. The van der Waals surface area contributed by atoms with Gasteiger partial charge in [-0.05, 0) is 101 Å². The Bertz CT molecular complexity index is 2890. The Hall–Kier alpha value is -4.85. The van der Waals surface area contributed by atoms with E-state index in [1.54, 1.807) is 0 Å². The van der Waals surface area contributed by atoms with Gasteiger partial charge in [0.25, 0.3) is 0 Å². The van der Waals surface area contributed by atoms with Crippen molar-refractivity contribution in [3.05, 3.63) is 146 Å². The van der Waals surface area contributed by atoms with E-state index < -0.39 is 16.1 Å². The van der Waals surface area contributed by atoms with Crippen molar-refractivity contribution >= 4 is 93.1 Å². The summed E-state index contributed by atoms with van der Waals surface area (Å²) < 4.78 is 0. The maximum Gasteiger partial charge on any atom is 0.0776 e. The van der Waals surface area contributed by atoms with Gasteiger partial charge < -0.3 is 0 Å². The first-order valence-corrected chi connectivity index (χ1v) is 28.4. The minimum absolute atomic E-state index is 1.30. The molecule has 270 valence electrons. The zero-order chi connectivity index (χ0) is 38.1. The van der Waals surface area contributed by atoms with Crippen LogP contribution in [0.3, 0.4) is 0 Å². The van der Waals surface area contributed by atoms with Crippen molar-refractivity contribution in [2.75, 3.05) is 0 Å². The number of hydrogen-bond acceptors (Lipinski definition) is 2. The van der Waals surface area contributed by atoms with Crippen molar-refractivity contribution < 1.29 is 0 Å². The lowest BCUT2D eigenvalue weighted by Crippen LogP contribution is -2.37. The van der Waals surface area contributed by atoms with E-state index in [2.05, 4.69) is 185 Å². The average molecular weight is 787 g/mol. The van der Waals surface area contributed by atoms with E-state index in [9.17, 15) is 0 Å². The van der Waals surface area contributed by atoms with Crippen LogP contribution in [0, 0.1) is 0 Å². The van der Waals surface area contributed by atoms with Crippen molar-refractivity contribution in [2.24, 2.45) is 0 Å². The Morgan fingerprint density at radius 2 is 0.661 bits per heavy atom. The second kappa shape index (κ2) is 12.3. The van der Waals surface area contributed by atoms with Crippen LogP contribution in [-0.2, 0) is 0 Å². The molecule has 0 aromatic heterocycles.